The first-order valence-corrected chi connectivity index (χ1v) is 6.66. The Morgan fingerprint density at radius 1 is 1.45 bits per heavy atom. The van der Waals surface area contributed by atoms with Crippen LogP contribution in [-0.4, -0.2) is 22.0 Å². The minimum Gasteiger partial charge on any atom is -0.495 e. The van der Waals surface area contributed by atoms with Gasteiger partial charge in [-0.25, -0.2) is 0 Å². The highest BCUT2D eigenvalue weighted by Crippen LogP contribution is 2.24. The Kier molecular flexibility index (Phi) is 4.57. The van der Waals surface area contributed by atoms with Crippen LogP contribution >= 0.6 is 12.2 Å². The van der Waals surface area contributed by atoms with Crippen LogP contribution in [0.2, 0.25) is 0 Å². The first-order chi connectivity index (χ1) is 9.58. The Morgan fingerprint density at radius 2 is 2.25 bits per heavy atom. The van der Waals surface area contributed by atoms with E-state index in [4.69, 9.17) is 17.0 Å². The molecule has 2 aromatic rings. The molecule has 1 aromatic heterocycles. The van der Waals surface area contributed by atoms with E-state index in [2.05, 4.69) is 15.7 Å². The Labute approximate surface area is 123 Å². The van der Waals surface area contributed by atoms with Crippen LogP contribution in [0.5, 0.6) is 5.75 Å². The molecule has 0 saturated carbocycles. The summed E-state index contributed by atoms with van der Waals surface area (Å²) in [7, 11) is 3.53. The number of hydrogen-bond donors (Lipinski definition) is 2. The lowest BCUT2D eigenvalue weighted by Gasteiger charge is -2.13. The lowest BCUT2D eigenvalue weighted by atomic mass is 10.2. The van der Waals surface area contributed by atoms with Gasteiger partial charge in [0.05, 0.1) is 19.0 Å². The van der Waals surface area contributed by atoms with Crippen LogP contribution in [0.4, 0.5) is 5.69 Å². The molecule has 2 N–H and O–H groups in total. The fourth-order valence-electron chi connectivity index (χ4n) is 1.83. The molecule has 2 rings (SSSR count). The van der Waals surface area contributed by atoms with Crippen molar-refractivity contribution in [3.63, 3.8) is 0 Å². The van der Waals surface area contributed by atoms with Gasteiger partial charge >= 0.3 is 0 Å². The van der Waals surface area contributed by atoms with Gasteiger partial charge in [0.25, 0.3) is 0 Å². The fourth-order valence-corrected chi connectivity index (χ4v) is 2.01. The summed E-state index contributed by atoms with van der Waals surface area (Å²) in [5.74, 6) is 0.765. The summed E-state index contributed by atoms with van der Waals surface area (Å²) in [4.78, 5) is 0. The molecule has 0 spiro atoms. The zero-order valence-corrected chi connectivity index (χ0v) is 12.6. The van der Waals surface area contributed by atoms with Gasteiger partial charge < -0.3 is 15.4 Å². The molecule has 0 unspecified atom stereocenters. The number of nitrogens with one attached hydrogen (secondary N) is 2. The quantitative estimate of drug-likeness (QED) is 0.846. The van der Waals surface area contributed by atoms with E-state index in [-0.39, 0.29) is 0 Å². The molecule has 0 aliphatic rings. The molecule has 5 nitrogen and oxygen atoms in total. The van der Waals surface area contributed by atoms with Gasteiger partial charge in [0.1, 0.15) is 5.75 Å². The summed E-state index contributed by atoms with van der Waals surface area (Å²) in [6.07, 6.45) is 3.76. The maximum Gasteiger partial charge on any atom is 0.171 e. The van der Waals surface area contributed by atoms with Crippen LogP contribution in [-0.2, 0) is 13.6 Å². The fraction of sp³-hybridized carbons (Fsp3) is 0.286. The number of methoxy groups -OCH3 is 1. The molecule has 0 amide bonds. The number of benzene rings is 1. The summed E-state index contributed by atoms with van der Waals surface area (Å²) >= 11 is 5.29. The van der Waals surface area contributed by atoms with Crippen molar-refractivity contribution >= 4 is 23.0 Å². The SMILES string of the molecule is COc1ccc(C)cc1NC(=S)NCc1cnn(C)c1. The van der Waals surface area contributed by atoms with Gasteiger partial charge in [-0.15, -0.1) is 0 Å². The first-order valence-electron chi connectivity index (χ1n) is 6.25. The van der Waals surface area contributed by atoms with Crippen molar-refractivity contribution in [2.45, 2.75) is 13.5 Å². The molecule has 1 heterocycles. The smallest absolute Gasteiger partial charge is 0.171 e. The molecule has 0 fully saturated rings. The minimum absolute atomic E-state index is 0.553. The number of ether oxygens (including phenoxy) is 1. The number of aromatic nitrogens is 2. The van der Waals surface area contributed by atoms with Gasteiger partial charge in [-0.05, 0) is 36.8 Å². The van der Waals surface area contributed by atoms with Crippen LogP contribution in [0, 0.1) is 6.92 Å². The third-order valence-electron chi connectivity index (χ3n) is 2.81. The molecule has 0 aliphatic carbocycles. The monoisotopic (exact) mass is 290 g/mol. The Bertz CT molecular complexity index is 609. The van der Waals surface area contributed by atoms with Crippen molar-refractivity contribution in [3.8, 4) is 5.75 Å². The van der Waals surface area contributed by atoms with Crippen LogP contribution < -0.4 is 15.4 Å². The molecule has 106 valence electrons. The third-order valence-corrected chi connectivity index (χ3v) is 3.06. The lowest BCUT2D eigenvalue weighted by Crippen LogP contribution is -2.28. The van der Waals surface area contributed by atoms with Crippen LogP contribution in [0.25, 0.3) is 0 Å². The maximum atomic E-state index is 5.30. The van der Waals surface area contributed by atoms with Gasteiger partial charge in [0.15, 0.2) is 5.11 Å². The topological polar surface area (TPSA) is 51.1 Å². The van der Waals surface area contributed by atoms with Crippen LogP contribution in [0.3, 0.4) is 0 Å². The third kappa shape index (κ3) is 3.71. The van der Waals surface area contributed by atoms with Crippen molar-refractivity contribution in [2.75, 3.05) is 12.4 Å². The number of nitrogens with zero attached hydrogens (tertiary/aromatic N) is 2. The molecule has 0 radical (unpaired) electrons. The van der Waals surface area contributed by atoms with Crippen molar-refractivity contribution < 1.29 is 4.74 Å². The molecule has 0 aliphatic heterocycles. The predicted octanol–water partition coefficient (Wildman–Crippen LogP) is 2.22. The van der Waals surface area contributed by atoms with E-state index >= 15 is 0 Å². The summed E-state index contributed by atoms with van der Waals surface area (Å²) in [6, 6.07) is 5.91. The Hall–Kier alpha value is -2.08. The normalized spacial score (nSPS) is 10.2. The minimum atomic E-state index is 0.553. The van der Waals surface area contributed by atoms with Crippen molar-refractivity contribution in [3.05, 3.63) is 41.7 Å². The standard InChI is InChI=1S/C14H18N4OS/c1-10-4-5-13(19-3)12(6-10)17-14(20)15-7-11-8-16-18(2)9-11/h4-6,8-9H,7H2,1-3H3,(H2,15,17,20). The zero-order chi connectivity index (χ0) is 14.5. The van der Waals surface area contributed by atoms with Crippen molar-refractivity contribution in [2.24, 2.45) is 7.05 Å². The molecule has 20 heavy (non-hydrogen) atoms. The molecule has 6 heteroatoms. The number of anilines is 1. The number of thiocarbonyl (C=S) groups is 1. The van der Waals surface area contributed by atoms with Crippen molar-refractivity contribution in [1.29, 1.82) is 0 Å². The van der Waals surface area contributed by atoms with Crippen molar-refractivity contribution in [1.82, 2.24) is 15.1 Å². The summed E-state index contributed by atoms with van der Waals surface area (Å²) in [5, 5.41) is 11.0. The summed E-state index contributed by atoms with van der Waals surface area (Å²) < 4.78 is 7.07. The van der Waals surface area contributed by atoms with Gasteiger partial charge in [-0.3, -0.25) is 4.68 Å². The van der Waals surface area contributed by atoms with E-state index in [1.165, 1.54) is 0 Å². The second-order valence-corrected chi connectivity index (χ2v) is 4.94. The van der Waals surface area contributed by atoms with Gasteiger partial charge in [-0.2, -0.15) is 5.10 Å². The zero-order valence-electron chi connectivity index (χ0n) is 11.8. The van der Waals surface area contributed by atoms with E-state index in [0.717, 1.165) is 22.6 Å². The average Bonchev–Trinajstić information content (AvgIpc) is 2.83. The predicted molar refractivity (Wildman–Crippen MR) is 84.0 cm³/mol. The van der Waals surface area contributed by atoms with E-state index in [1.807, 2.05) is 44.6 Å². The van der Waals surface area contributed by atoms with Gasteiger partial charge in [-0.1, -0.05) is 6.07 Å². The number of aryl methyl sites for hydroxylation is 2. The highest BCUT2D eigenvalue weighted by atomic mass is 32.1. The second-order valence-electron chi connectivity index (χ2n) is 4.53. The maximum absolute atomic E-state index is 5.30. The summed E-state index contributed by atoms with van der Waals surface area (Å²) in [6.45, 7) is 2.66. The van der Waals surface area contributed by atoms with E-state index in [9.17, 15) is 0 Å². The number of rotatable bonds is 4. The van der Waals surface area contributed by atoms with E-state index in [1.54, 1.807) is 11.8 Å². The van der Waals surface area contributed by atoms with Crippen LogP contribution in [0.1, 0.15) is 11.1 Å². The molecule has 0 bridgehead atoms. The van der Waals surface area contributed by atoms with Gasteiger partial charge in [0, 0.05) is 25.4 Å². The Morgan fingerprint density at radius 3 is 2.90 bits per heavy atom. The first kappa shape index (κ1) is 14.3. The molecule has 1 aromatic carbocycles. The molecular formula is C14H18N4OS. The van der Waals surface area contributed by atoms with Gasteiger partial charge in [0.2, 0.25) is 0 Å². The molecule has 0 atom stereocenters. The molecule has 0 saturated heterocycles. The average molecular weight is 290 g/mol. The Balaban J connectivity index is 1.96. The second kappa shape index (κ2) is 6.38. The highest BCUT2D eigenvalue weighted by molar-refractivity contribution is 7.80. The van der Waals surface area contributed by atoms with E-state index < -0.39 is 0 Å². The molecular weight excluding hydrogens is 272 g/mol. The lowest BCUT2D eigenvalue weighted by molar-refractivity contribution is 0.417. The number of hydrogen-bond acceptors (Lipinski definition) is 3. The summed E-state index contributed by atoms with van der Waals surface area (Å²) in [5.41, 5.74) is 3.08. The largest absolute Gasteiger partial charge is 0.495 e. The highest BCUT2D eigenvalue weighted by Gasteiger charge is 2.05. The van der Waals surface area contributed by atoms with E-state index in [0.29, 0.717) is 11.7 Å². The van der Waals surface area contributed by atoms with Crippen LogP contribution in [0.15, 0.2) is 30.6 Å².